The van der Waals surface area contributed by atoms with Crippen LogP contribution in [0.15, 0.2) is 0 Å². The first-order valence-corrected chi connectivity index (χ1v) is 3.83. The normalized spacial score (nSPS) is 55.3. The van der Waals surface area contributed by atoms with E-state index in [0.717, 1.165) is 6.04 Å². The average Bonchev–Trinajstić information content (AvgIpc) is 2.53. The highest BCUT2D eigenvalue weighted by Gasteiger charge is 2.49. The quantitative estimate of drug-likeness (QED) is 0.431. The third-order valence-corrected chi connectivity index (χ3v) is 2.87. The molecule has 3 atom stereocenters. The van der Waals surface area contributed by atoms with E-state index < -0.39 is 0 Å². The van der Waals surface area contributed by atoms with Crippen molar-refractivity contribution in [3.05, 3.63) is 0 Å². The summed E-state index contributed by atoms with van der Waals surface area (Å²) in [4.78, 5) is 2.55. The van der Waals surface area contributed by atoms with E-state index in [2.05, 4.69) is 4.90 Å². The van der Waals surface area contributed by atoms with E-state index in [9.17, 15) is 0 Å². The van der Waals surface area contributed by atoms with Gasteiger partial charge in [0, 0.05) is 19.1 Å². The van der Waals surface area contributed by atoms with Crippen LogP contribution >= 0.6 is 0 Å². The lowest BCUT2D eigenvalue weighted by Gasteiger charge is -2.42. The largest absolute Gasteiger partial charge is 0.368 e. The lowest BCUT2D eigenvalue weighted by molar-refractivity contribution is 0.0685. The van der Waals surface area contributed by atoms with Gasteiger partial charge in [0.05, 0.1) is 12.2 Å². The lowest BCUT2D eigenvalue weighted by Crippen LogP contribution is -2.52. The van der Waals surface area contributed by atoms with Crippen molar-refractivity contribution < 1.29 is 4.74 Å². The molecule has 3 aliphatic heterocycles. The van der Waals surface area contributed by atoms with E-state index in [0.29, 0.717) is 12.2 Å². The molecule has 3 saturated heterocycles. The van der Waals surface area contributed by atoms with Gasteiger partial charge in [-0.15, -0.1) is 0 Å². The smallest absolute Gasteiger partial charge is 0.0969 e. The Morgan fingerprint density at radius 2 is 2.33 bits per heavy atom. The van der Waals surface area contributed by atoms with Gasteiger partial charge in [-0.2, -0.15) is 0 Å². The van der Waals surface area contributed by atoms with Crippen LogP contribution in [0.1, 0.15) is 12.8 Å². The summed E-state index contributed by atoms with van der Waals surface area (Å²) in [5.41, 5.74) is 0. The Morgan fingerprint density at radius 1 is 1.33 bits per heavy atom. The molecule has 0 aromatic rings. The zero-order chi connectivity index (χ0) is 5.84. The van der Waals surface area contributed by atoms with Gasteiger partial charge < -0.3 is 4.74 Å². The molecule has 0 saturated carbocycles. The van der Waals surface area contributed by atoms with Crippen molar-refractivity contribution in [1.82, 2.24) is 4.90 Å². The van der Waals surface area contributed by atoms with E-state index >= 15 is 0 Å². The summed E-state index contributed by atoms with van der Waals surface area (Å²) >= 11 is 0. The van der Waals surface area contributed by atoms with Crippen molar-refractivity contribution in [3.8, 4) is 0 Å². The van der Waals surface area contributed by atoms with Gasteiger partial charge in [-0.1, -0.05) is 0 Å². The van der Waals surface area contributed by atoms with Gasteiger partial charge in [0.25, 0.3) is 0 Å². The van der Waals surface area contributed by atoms with E-state index in [1.807, 2.05) is 0 Å². The zero-order valence-electron chi connectivity index (χ0n) is 5.42. The monoisotopic (exact) mass is 125 g/mol. The summed E-state index contributed by atoms with van der Waals surface area (Å²) in [6.07, 6.45) is 4.06. The van der Waals surface area contributed by atoms with Crippen LogP contribution in [0, 0.1) is 0 Å². The highest BCUT2D eigenvalue weighted by molar-refractivity contribution is 5.01. The second-order valence-electron chi connectivity index (χ2n) is 3.39. The standard InChI is InChI=1S/C7H11NO/c1-2-8-4-7-6(9-7)3-5(1)8/h5-7H,1-4H2. The Morgan fingerprint density at radius 3 is 3.00 bits per heavy atom. The molecule has 3 fully saturated rings. The maximum atomic E-state index is 5.42. The number of piperidine rings is 1. The average molecular weight is 125 g/mol. The Bertz CT molecular complexity index is 132. The van der Waals surface area contributed by atoms with Crippen LogP contribution in [0.5, 0.6) is 0 Å². The first kappa shape index (κ1) is 4.69. The van der Waals surface area contributed by atoms with Gasteiger partial charge in [0.2, 0.25) is 0 Å². The maximum absolute atomic E-state index is 5.42. The molecule has 0 amide bonds. The first-order valence-electron chi connectivity index (χ1n) is 3.83. The number of hydrogen-bond acceptors (Lipinski definition) is 2. The van der Waals surface area contributed by atoms with Crippen molar-refractivity contribution in [3.63, 3.8) is 0 Å². The van der Waals surface area contributed by atoms with E-state index in [1.54, 1.807) is 0 Å². The first-order chi connectivity index (χ1) is 4.43. The fourth-order valence-corrected chi connectivity index (χ4v) is 2.05. The van der Waals surface area contributed by atoms with Gasteiger partial charge >= 0.3 is 0 Å². The molecule has 2 heteroatoms. The Hall–Kier alpha value is -0.0800. The summed E-state index contributed by atoms with van der Waals surface area (Å²) in [5.74, 6) is 0. The molecular formula is C7H11NO. The topological polar surface area (TPSA) is 15.8 Å². The van der Waals surface area contributed by atoms with Crippen LogP contribution in [0.4, 0.5) is 0 Å². The van der Waals surface area contributed by atoms with Crippen LogP contribution in [0.3, 0.4) is 0 Å². The minimum atomic E-state index is 0.640. The Balaban J connectivity index is 1.79. The third-order valence-electron chi connectivity index (χ3n) is 2.87. The van der Waals surface area contributed by atoms with E-state index in [4.69, 9.17) is 4.74 Å². The number of epoxide rings is 1. The summed E-state index contributed by atoms with van der Waals surface area (Å²) < 4.78 is 5.42. The fourth-order valence-electron chi connectivity index (χ4n) is 2.05. The predicted molar refractivity (Wildman–Crippen MR) is 33.3 cm³/mol. The number of rotatable bonds is 0. The second kappa shape index (κ2) is 1.32. The molecule has 3 aliphatic rings. The Labute approximate surface area is 54.8 Å². The van der Waals surface area contributed by atoms with Gasteiger partial charge in [-0.05, 0) is 12.8 Å². The highest BCUT2D eigenvalue weighted by atomic mass is 16.6. The molecule has 0 radical (unpaired) electrons. The van der Waals surface area contributed by atoms with Crippen molar-refractivity contribution in [1.29, 1.82) is 0 Å². The van der Waals surface area contributed by atoms with Crippen molar-refractivity contribution in [2.24, 2.45) is 0 Å². The molecule has 3 heterocycles. The summed E-state index contributed by atoms with van der Waals surface area (Å²) in [5, 5.41) is 0. The summed E-state index contributed by atoms with van der Waals surface area (Å²) in [6, 6.07) is 0.911. The van der Waals surface area contributed by atoms with Crippen molar-refractivity contribution >= 4 is 0 Å². The van der Waals surface area contributed by atoms with E-state index in [-0.39, 0.29) is 0 Å². The molecule has 3 rings (SSSR count). The maximum Gasteiger partial charge on any atom is 0.0969 e. The Kier molecular flexibility index (Phi) is 0.691. The molecule has 2 nitrogen and oxygen atoms in total. The summed E-state index contributed by atoms with van der Waals surface area (Å²) in [6.45, 7) is 2.56. The van der Waals surface area contributed by atoms with Gasteiger partial charge in [-0.25, -0.2) is 0 Å². The number of nitrogens with zero attached hydrogens (tertiary/aromatic N) is 1. The minimum Gasteiger partial charge on any atom is -0.368 e. The van der Waals surface area contributed by atoms with Crippen LogP contribution < -0.4 is 0 Å². The molecule has 0 spiro atoms. The van der Waals surface area contributed by atoms with Crippen molar-refractivity contribution in [2.75, 3.05) is 13.1 Å². The zero-order valence-corrected chi connectivity index (χ0v) is 5.42. The molecule has 0 aromatic carbocycles. The molecule has 50 valence electrons. The van der Waals surface area contributed by atoms with Gasteiger partial charge in [0.15, 0.2) is 0 Å². The number of ether oxygens (including phenoxy) is 1. The third kappa shape index (κ3) is 0.528. The summed E-state index contributed by atoms with van der Waals surface area (Å²) in [7, 11) is 0. The second-order valence-corrected chi connectivity index (χ2v) is 3.39. The molecule has 0 aliphatic carbocycles. The number of hydrogen-bond donors (Lipinski definition) is 0. The predicted octanol–water partition coefficient (Wildman–Crippen LogP) is 0.232. The minimum absolute atomic E-state index is 0.640. The van der Waals surface area contributed by atoms with Gasteiger partial charge in [-0.3, -0.25) is 4.90 Å². The SMILES string of the molecule is C1CN2CC3OC3CC12. The fraction of sp³-hybridized carbons (Fsp3) is 1.00. The molecule has 0 aromatic heterocycles. The molecule has 3 unspecified atom stereocenters. The molecular weight excluding hydrogens is 114 g/mol. The molecule has 0 N–H and O–H groups in total. The number of fused-ring (bicyclic) bond motifs is 2. The van der Waals surface area contributed by atoms with Crippen LogP contribution in [0.25, 0.3) is 0 Å². The molecule has 0 bridgehead atoms. The van der Waals surface area contributed by atoms with E-state index in [1.165, 1.54) is 25.9 Å². The highest BCUT2D eigenvalue weighted by Crippen LogP contribution is 2.38. The molecule has 9 heavy (non-hydrogen) atoms. The van der Waals surface area contributed by atoms with Crippen molar-refractivity contribution in [2.45, 2.75) is 31.1 Å². The van der Waals surface area contributed by atoms with Gasteiger partial charge in [0.1, 0.15) is 0 Å². The lowest BCUT2D eigenvalue weighted by atomic mass is 9.92. The van der Waals surface area contributed by atoms with Crippen LogP contribution in [0.2, 0.25) is 0 Å². The van der Waals surface area contributed by atoms with Crippen LogP contribution in [-0.4, -0.2) is 36.2 Å². The van der Waals surface area contributed by atoms with Crippen LogP contribution in [-0.2, 0) is 4.74 Å².